The third-order valence-corrected chi connectivity index (χ3v) is 4.73. The summed E-state index contributed by atoms with van der Waals surface area (Å²) in [6.45, 7) is 5.13. The molecule has 0 bridgehead atoms. The van der Waals surface area contributed by atoms with Crippen molar-refractivity contribution in [2.75, 3.05) is 7.11 Å². The van der Waals surface area contributed by atoms with Crippen molar-refractivity contribution in [2.24, 2.45) is 0 Å². The van der Waals surface area contributed by atoms with E-state index < -0.39 is 22.3 Å². The average Bonchev–Trinajstić information content (AvgIpc) is 3.29. The van der Waals surface area contributed by atoms with Gasteiger partial charge in [0.05, 0.1) is 12.0 Å². The number of methoxy groups -OCH3 is 1. The van der Waals surface area contributed by atoms with Crippen LogP contribution in [0.15, 0.2) is 6.07 Å². The van der Waals surface area contributed by atoms with E-state index in [9.17, 15) is 19.7 Å². The van der Waals surface area contributed by atoms with Gasteiger partial charge in [-0.3, -0.25) is 19.6 Å². The molecule has 9 nitrogen and oxygen atoms in total. The van der Waals surface area contributed by atoms with Crippen LogP contribution in [0.4, 0.5) is 5.69 Å². The summed E-state index contributed by atoms with van der Waals surface area (Å²) in [7, 11) is 1.12. The SMILES string of the molecule is COC(=O)c1nn(CC(=O)c2cc(C)n(C3CC3)c2C)c(C)c1[N+](=O)[O-]. The molecule has 2 heterocycles. The molecule has 9 heteroatoms. The lowest BCUT2D eigenvalue weighted by Gasteiger charge is -2.08. The number of nitro groups is 1. The standard InChI is InChI=1S/C17H20N4O5/c1-9-7-13(10(2)20(9)12-5-6-12)14(22)8-19-11(3)16(21(24)25)15(18-19)17(23)26-4/h7,12H,5-6,8H2,1-4H3. The number of carbonyl (C=O) groups excluding carboxylic acids is 2. The Bertz CT molecular complexity index is 920. The maximum absolute atomic E-state index is 12.8. The van der Waals surface area contributed by atoms with Gasteiger partial charge in [0.2, 0.25) is 5.69 Å². The van der Waals surface area contributed by atoms with E-state index in [1.54, 1.807) is 0 Å². The summed E-state index contributed by atoms with van der Waals surface area (Å²) >= 11 is 0. The van der Waals surface area contributed by atoms with Gasteiger partial charge in [-0.15, -0.1) is 0 Å². The molecular weight excluding hydrogens is 340 g/mol. The zero-order chi connectivity index (χ0) is 19.2. The van der Waals surface area contributed by atoms with Crippen LogP contribution in [0, 0.1) is 30.9 Å². The third kappa shape index (κ3) is 2.89. The number of Topliss-reactive ketones (excluding diaryl/α,β-unsaturated/α-hetero) is 1. The van der Waals surface area contributed by atoms with Crippen LogP contribution in [0.1, 0.15) is 56.8 Å². The van der Waals surface area contributed by atoms with Gasteiger partial charge >= 0.3 is 11.7 Å². The number of rotatable bonds is 6. The highest BCUT2D eigenvalue weighted by molar-refractivity contribution is 5.98. The molecule has 3 rings (SSSR count). The Morgan fingerprint density at radius 2 is 1.96 bits per heavy atom. The Labute approximate surface area is 149 Å². The van der Waals surface area contributed by atoms with Gasteiger partial charge in [0, 0.05) is 23.0 Å². The number of aromatic nitrogens is 3. The molecule has 0 amide bonds. The smallest absolute Gasteiger partial charge is 0.365 e. The van der Waals surface area contributed by atoms with Crippen molar-refractivity contribution in [3.8, 4) is 0 Å². The van der Waals surface area contributed by atoms with Crippen molar-refractivity contribution < 1.29 is 19.2 Å². The summed E-state index contributed by atoms with van der Waals surface area (Å²) in [5, 5.41) is 15.2. The minimum Gasteiger partial charge on any atom is -0.464 e. The van der Waals surface area contributed by atoms with E-state index in [4.69, 9.17) is 0 Å². The van der Waals surface area contributed by atoms with Crippen molar-refractivity contribution in [3.05, 3.63) is 44.5 Å². The first-order valence-electron chi connectivity index (χ1n) is 8.28. The second kappa shape index (κ2) is 6.40. The lowest BCUT2D eigenvalue weighted by atomic mass is 10.1. The average molecular weight is 360 g/mol. The van der Waals surface area contributed by atoms with Crippen LogP contribution in [-0.2, 0) is 11.3 Å². The topological polar surface area (TPSA) is 109 Å². The zero-order valence-electron chi connectivity index (χ0n) is 15.1. The lowest BCUT2D eigenvalue weighted by Crippen LogP contribution is -2.14. The van der Waals surface area contributed by atoms with Gasteiger partial charge < -0.3 is 9.30 Å². The first-order chi connectivity index (χ1) is 12.3. The molecule has 1 saturated carbocycles. The highest BCUT2D eigenvalue weighted by atomic mass is 16.6. The first-order valence-corrected chi connectivity index (χ1v) is 8.28. The van der Waals surface area contributed by atoms with E-state index in [0.29, 0.717) is 11.6 Å². The molecule has 2 aromatic heterocycles. The Morgan fingerprint density at radius 1 is 1.31 bits per heavy atom. The Hall–Kier alpha value is -2.97. The second-order valence-electron chi connectivity index (χ2n) is 6.50. The summed E-state index contributed by atoms with van der Waals surface area (Å²) in [4.78, 5) is 35.1. The van der Waals surface area contributed by atoms with Gasteiger partial charge in [0.15, 0.2) is 5.78 Å². The van der Waals surface area contributed by atoms with Crippen LogP contribution >= 0.6 is 0 Å². The van der Waals surface area contributed by atoms with Gasteiger partial charge in [-0.2, -0.15) is 5.10 Å². The number of nitrogens with zero attached hydrogens (tertiary/aromatic N) is 4. The molecular formula is C17H20N4O5. The predicted octanol–water partition coefficient (Wildman–Crippen LogP) is 2.52. The molecule has 2 aromatic rings. The normalized spacial score (nSPS) is 13.7. The van der Waals surface area contributed by atoms with E-state index in [0.717, 1.165) is 31.3 Å². The molecule has 0 aliphatic heterocycles. The van der Waals surface area contributed by atoms with E-state index >= 15 is 0 Å². The number of ether oxygens (including phenoxy) is 1. The fourth-order valence-electron chi connectivity index (χ4n) is 3.32. The van der Waals surface area contributed by atoms with E-state index in [-0.39, 0.29) is 18.0 Å². The quantitative estimate of drug-likeness (QED) is 0.339. The molecule has 0 spiro atoms. The molecule has 0 aromatic carbocycles. The minimum absolute atomic E-state index is 0.139. The van der Waals surface area contributed by atoms with Crippen LogP contribution in [0.5, 0.6) is 0 Å². The minimum atomic E-state index is -0.905. The molecule has 0 atom stereocenters. The second-order valence-corrected chi connectivity index (χ2v) is 6.50. The fraction of sp³-hybridized carbons (Fsp3) is 0.471. The van der Waals surface area contributed by atoms with E-state index in [1.165, 1.54) is 11.6 Å². The molecule has 1 fully saturated rings. The van der Waals surface area contributed by atoms with Crippen molar-refractivity contribution in [1.82, 2.24) is 14.3 Å². The van der Waals surface area contributed by atoms with Crippen molar-refractivity contribution in [3.63, 3.8) is 0 Å². The van der Waals surface area contributed by atoms with Crippen molar-refractivity contribution >= 4 is 17.4 Å². The summed E-state index contributed by atoms with van der Waals surface area (Å²) in [5.74, 6) is -1.11. The summed E-state index contributed by atoms with van der Waals surface area (Å²) in [6.07, 6.45) is 2.22. The van der Waals surface area contributed by atoms with Crippen LogP contribution in [-0.4, -0.2) is 38.1 Å². The summed E-state index contributed by atoms with van der Waals surface area (Å²) < 4.78 is 7.90. The lowest BCUT2D eigenvalue weighted by molar-refractivity contribution is -0.385. The largest absolute Gasteiger partial charge is 0.464 e. The Morgan fingerprint density at radius 3 is 2.50 bits per heavy atom. The molecule has 0 N–H and O–H groups in total. The van der Waals surface area contributed by atoms with Crippen LogP contribution in [0.3, 0.4) is 0 Å². The first kappa shape index (κ1) is 17.8. The number of carbonyl (C=O) groups is 2. The van der Waals surface area contributed by atoms with Gasteiger partial charge in [0.1, 0.15) is 12.2 Å². The molecule has 0 radical (unpaired) electrons. The van der Waals surface area contributed by atoms with Gasteiger partial charge in [-0.25, -0.2) is 4.79 Å². The molecule has 26 heavy (non-hydrogen) atoms. The molecule has 138 valence electrons. The molecule has 1 aliphatic carbocycles. The molecule has 0 unspecified atom stereocenters. The third-order valence-electron chi connectivity index (χ3n) is 4.73. The number of hydrogen-bond donors (Lipinski definition) is 0. The van der Waals surface area contributed by atoms with Gasteiger partial charge in [-0.1, -0.05) is 0 Å². The highest BCUT2D eigenvalue weighted by Gasteiger charge is 2.32. The van der Waals surface area contributed by atoms with E-state index in [2.05, 4.69) is 14.4 Å². The summed E-state index contributed by atoms with van der Waals surface area (Å²) in [5.41, 5.74) is 1.79. The maximum Gasteiger partial charge on any atom is 0.365 e. The Kier molecular flexibility index (Phi) is 4.39. The number of ketones is 1. The highest BCUT2D eigenvalue weighted by Crippen LogP contribution is 2.38. The molecule has 1 aliphatic rings. The number of esters is 1. The fourth-order valence-corrected chi connectivity index (χ4v) is 3.32. The van der Waals surface area contributed by atoms with Crippen molar-refractivity contribution in [2.45, 2.75) is 46.2 Å². The Balaban J connectivity index is 1.94. The van der Waals surface area contributed by atoms with Crippen molar-refractivity contribution in [1.29, 1.82) is 0 Å². The monoisotopic (exact) mass is 360 g/mol. The van der Waals surface area contributed by atoms with Gasteiger partial charge in [0.25, 0.3) is 0 Å². The zero-order valence-corrected chi connectivity index (χ0v) is 15.1. The summed E-state index contributed by atoms with van der Waals surface area (Å²) in [6, 6.07) is 2.29. The van der Waals surface area contributed by atoms with Gasteiger partial charge in [-0.05, 0) is 39.7 Å². The number of hydrogen-bond acceptors (Lipinski definition) is 6. The van der Waals surface area contributed by atoms with Crippen LogP contribution in [0.2, 0.25) is 0 Å². The number of aryl methyl sites for hydroxylation is 1. The predicted molar refractivity (Wildman–Crippen MR) is 91.5 cm³/mol. The maximum atomic E-state index is 12.8. The van der Waals surface area contributed by atoms with E-state index in [1.807, 2.05) is 19.9 Å². The van der Waals surface area contributed by atoms with Crippen LogP contribution in [0.25, 0.3) is 0 Å². The molecule has 0 saturated heterocycles. The van der Waals surface area contributed by atoms with Crippen LogP contribution < -0.4 is 0 Å².